The van der Waals surface area contributed by atoms with Gasteiger partial charge in [0.2, 0.25) is 0 Å². The first kappa shape index (κ1) is 16.6. The van der Waals surface area contributed by atoms with Crippen molar-refractivity contribution >= 4 is 12.1 Å². The number of ether oxygens (including phenoxy) is 1. The molecule has 23 heavy (non-hydrogen) atoms. The monoisotopic (exact) mass is 325 g/mol. The number of nitrogens with one attached hydrogen (secondary N) is 1. The molecular weight excluding hydrogens is 298 g/mol. The van der Waals surface area contributed by atoms with E-state index >= 15 is 0 Å². The van der Waals surface area contributed by atoms with Gasteiger partial charge in [-0.05, 0) is 71.1 Å². The summed E-state index contributed by atoms with van der Waals surface area (Å²) in [7, 11) is 0. The molecular formula is C17H27NO5. The van der Waals surface area contributed by atoms with Gasteiger partial charge in [-0.2, -0.15) is 0 Å². The molecule has 0 spiro atoms. The molecule has 0 radical (unpaired) electrons. The minimum absolute atomic E-state index is 0.364. The van der Waals surface area contributed by atoms with Gasteiger partial charge in [0, 0.05) is 5.41 Å². The molecule has 0 aromatic heterocycles. The van der Waals surface area contributed by atoms with Gasteiger partial charge >= 0.3 is 12.1 Å². The zero-order valence-corrected chi connectivity index (χ0v) is 14.1. The number of rotatable bonds is 3. The maximum Gasteiger partial charge on any atom is 0.408 e. The van der Waals surface area contributed by atoms with Crippen molar-refractivity contribution in [2.75, 3.05) is 0 Å². The number of hydrogen-bond donors (Lipinski definition) is 3. The Balaban J connectivity index is 1.81. The summed E-state index contributed by atoms with van der Waals surface area (Å²) in [6.45, 7) is 5.24. The van der Waals surface area contributed by atoms with E-state index in [4.69, 9.17) is 4.74 Å². The lowest BCUT2D eigenvalue weighted by Gasteiger charge is -2.61. The van der Waals surface area contributed by atoms with Crippen LogP contribution in [-0.4, -0.2) is 39.5 Å². The standard InChI is InChI=1S/C17H27NO5/c1-15(2,3)23-14(21)18-12(13(19)20)16-5-10-4-11(6-16)8-17(22,7-10)9-16/h10-12,22H,4-9H2,1-3H3,(H,18,21)(H,19,20)/t10-,11+,12-,16?,17?/m0/s1. The summed E-state index contributed by atoms with van der Waals surface area (Å²) in [5.74, 6) is -0.312. The minimum Gasteiger partial charge on any atom is -0.480 e. The van der Waals surface area contributed by atoms with Crippen LogP contribution in [0.4, 0.5) is 4.79 Å². The Kier molecular flexibility index (Phi) is 3.67. The minimum atomic E-state index is -1.04. The van der Waals surface area contributed by atoms with Gasteiger partial charge in [0.05, 0.1) is 5.60 Å². The SMILES string of the molecule is CC(C)(C)OC(=O)N[C@@H](C(=O)O)C12C[C@@H]3C[C@@H](CC(O)(C3)C1)C2. The second-order valence-corrected chi connectivity index (χ2v) is 8.97. The van der Waals surface area contributed by atoms with Crippen molar-refractivity contribution in [2.45, 2.75) is 76.5 Å². The van der Waals surface area contributed by atoms with E-state index in [1.165, 1.54) is 0 Å². The van der Waals surface area contributed by atoms with Gasteiger partial charge in [-0.3, -0.25) is 0 Å². The summed E-state index contributed by atoms with van der Waals surface area (Å²) >= 11 is 0. The highest BCUT2D eigenvalue weighted by Gasteiger charge is 2.61. The van der Waals surface area contributed by atoms with Crippen LogP contribution < -0.4 is 5.32 Å². The van der Waals surface area contributed by atoms with Crippen molar-refractivity contribution in [1.82, 2.24) is 5.32 Å². The lowest BCUT2D eigenvalue weighted by Crippen LogP contribution is -2.64. The van der Waals surface area contributed by atoms with Gasteiger partial charge in [0.1, 0.15) is 11.6 Å². The third kappa shape index (κ3) is 3.18. The van der Waals surface area contributed by atoms with Gasteiger partial charge in [-0.1, -0.05) is 0 Å². The molecule has 0 aliphatic heterocycles. The Morgan fingerprint density at radius 2 is 1.74 bits per heavy atom. The molecule has 6 nitrogen and oxygen atoms in total. The number of alkyl carbamates (subject to hydrolysis) is 1. The first-order valence-electron chi connectivity index (χ1n) is 8.45. The van der Waals surface area contributed by atoms with Crippen LogP contribution in [0.15, 0.2) is 0 Å². The summed E-state index contributed by atoms with van der Waals surface area (Å²) in [4.78, 5) is 24.0. The zero-order chi connectivity index (χ0) is 17.0. The van der Waals surface area contributed by atoms with Crippen molar-refractivity contribution in [1.29, 1.82) is 0 Å². The van der Waals surface area contributed by atoms with Crippen LogP contribution in [0, 0.1) is 17.3 Å². The van der Waals surface area contributed by atoms with Crippen molar-refractivity contribution in [2.24, 2.45) is 17.3 Å². The van der Waals surface area contributed by atoms with Gasteiger partial charge in [-0.25, -0.2) is 9.59 Å². The molecule has 4 aliphatic rings. The van der Waals surface area contributed by atoms with Crippen LogP contribution in [0.5, 0.6) is 0 Å². The summed E-state index contributed by atoms with van der Waals surface area (Å²) < 4.78 is 5.23. The average molecular weight is 325 g/mol. The average Bonchev–Trinajstić information content (AvgIpc) is 2.29. The molecule has 0 aromatic carbocycles. The van der Waals surface area contributed by atoms with Crippen molar-refractivity contribution < 1.29 is 24.5 Å². The summed E-state index contributed by atoms with van der Waals surface area (Å²) in [6.07, 6.45) is 3.89. The number of carboxylic acids is 1. The maximum atomic E-state index is 12.1. The van der Waals surface area contributed by atoms with E-state index in [-0.39, 0.29) is 0 Å². The predicted molar refractivity (Wildman–Crippen MR) is 82.9 cm³/mol. The van der Waals surface area contributed by atoms with Crippen LogP contribution >= 0.6 is 0 Å². The Hall–Kier alpha value is -1.30. The predicted octanol–water partition coefficient (Wildman–Crippen LogP) is 2.30. The molecule has 0 heterocycles. The molecule has 4 fully saturated rings. The van der Waals surface area contributed by atoms with E-state index in [1.807, 2.05) is 0 Å². The Morgan fingerprint density at radius 3 is 2.17 bits per heavy atom. The largest absolute Gasteiger partial charge is 0.480 e. The molecule has 0 aromatic rings. The van der Waals surface area contributed by atoms with Gasteiger partial charge in [-0.15, -0.1) is 0 Å². The fourth-order valence-electron chi connectivity index (χ4n) is 5.52. The van der Waals surface area contributed by atoms with E-state index in [0.29, 0.717) is 18.3 Å². The molecule has 2 unspecified atom stereocenters. The van der Waals surface area contributed by atoms with Gasteiger partial charge in [0.25, 0.3) is 0 Å². The molecule has 4 aliphatic carbocycles. The number of carbonyl (C=O) groups excluding carboxylic acids is 1. The highest BCUT2D eigenvalue weighted by atomic mass is 16.6. The maximum absolute atomic E-state index is 12.1. The molecule has 1 amide bonds. The van der Waals surface area contributed by atoms with E-state index in [1.54, 1.807) is 20.8 Å². The first-order chi connectivity index (χ1) is 10.5. The smallest absolute Gasteiger partial charge is 0.408 e. The third-order valence-corrected chi connectivity index (χ3v) is 5.60. The number of aliphatic hydroxyl groups is 1. The van der Waals surface area contributed by atoms with Crippen molar-refractivity contribution in [3.8, 4) is 0 Å². The highest BCUT2D eigenvalue weighted by Crippen LogP contribution is 2.62. The zero-order valence-electron chi connectivity index (χ0n) is 14.1. The first-order valence-corrected chi connectivity index (χ1v) is 8.45. The summed E-state index contributed by atoms with van der Waals surface area (Å²) in [5.41, 5.74) is -1.98. The van der Waals surface area contributed by atoms with E-state index in [0.717, 1.165) is 32.1 Å². The summed E-state index contributed by atoms with van der Waals surface area (Å²) in [5, 5.41) is 23.1. The van der Waals surface area contributed by atoms with E-state index in [9.17, 15) is 19.8 Å². The quantitative estimate of drug-likeness (QED) is 0.740. The Bertz CT molecular complexity index is 510. The number of amides is 1. The van der Waals surface area contributed by atoms with Crippen LogP contribution in [-0.2, 0) is 9.53 Å². The second-order valence-electron chi connectivity index (χ2n) is 8.97. The number of carbonyl (C=O) groups is 2. The van der Waals surface area contributed by atoms with Crippen molar-refractivity contribution in [3.05, 3.63) is 0 Å². The fraction of sp³-hybridized carbons (Fsp3) is 0.882. The van der Waals surface area contributed by atoms with Crippen molar-refractivity contribution in [3.63, 3.8) is 0 Å². The van der Waals surface area contributed by atoms with Crippen LogP contribution in [0.2, 0.25) is 0 Å². The topological polar surface area (TPSA) is 95.9 Å². The van der Waals surface area contributed by atoms with Crippen LogP contribution in [0.1, 0.15) is 59.3 Å². The van der Waals surface area contributed by atoms with Gasteiger partial charge in [0.15, 0.2) is 0 Å². The lowest BCUT2D eigenvalue weighted by atomic mass is 9.46. The number of carboxylic acid groups (broad SMARTS) is 1. The molecule has 0 saturated heterocycles. The molecule has 4 saturated carbocycles. The molecule has 6 heteroatoms. The van der Waals surface area contributed by atoms with E-state index in [2.05, 4.69) is 5.32 Å². The fourth-order valence-corrected chi connectivity index (χ4v) is 5.52. The van der Waals surface area contributed by atoms with E-state index < -0.39 is 34.7 Å². The van der Waals surface area contributed by atoms with Crippen LogP contribution in [0.3, 0.4) is 0 Å². The van der Waals surface area contributed by atoms with Gasteiger partial charge < -0.3 is 20.3 Å². The third-order valence-electron chi connectivity index (χ3n) is 5.60. The molecule has 4 rings (SSSR count). The van der Waals surface area contributed by atoms with Crippen LogP contribution in [0.25, 0.3) is 0 Å². The molecule has 5 atom stereocenters. The summed E-state index contributed by atoms with van der Waals surface area (Å²) in [6, 6.07) is -1.00. The molecule has 4 bridgehead atoms. The molecule has 3 N–H and O–H groups in total. The Morgan fingerprint density at radius 1 is 1.17 bits per heavy atom. The normalized spacial score (nSPS) is 39.8. The Labute approximate surface area is 136 Å². The molecule has 130 valence electrons. The number of hydrogen-bond acceptors (Lipinski definition) is 4. The second kappa shape index (κ2) is 5.10. The highest BCUT2D eigenvalue weighted by molar-refractivity contribution is 5.81. The lowest BCUT2D eigenvalue weighted by molar-refractivity contribution is -0.182. The number of aliphatic carboxylic acids is 1.